The number of hydrogen-bond acceptors (Lipinski definition) is 3. The van der Waals surface area contributed by atoms with E-state index in [4.69, 9.17) is 21.1 Å². The summed E-state index contributed by atoms with van der Waals surface area (Å²) in [6, 6.07) is 8.63. The van der Waals surface area contributed by atoms with E-state index < -0.39 is 11.6 Å². The largest absolute Gasteiger partial charge is 0.495 e. The molecule has 0 unspecified atom stereocenters. The molecular weight excluding hydrogens is 347 g/mol. The summed E-state index contributed by atoms with van der Waals surface area (Å²) in [5, 5.41) is 5.88. The maximum Gasteiger partial charge on any atom is 0.320 e. The Morgan fingerprint density at radius 3 is 2.24 bits per heavy atom. The van der Waals surface area contributed by atoms with E-state index in [0.717, 1.165) is 5.56 Å². The van der Waals surface area contributed by atoms with Gasteiger partial charge in [0.05, 0.1) is 30.5 Å². The fourth-order valence-corrected chi connectivity index (χ4v) is 2.57. The number of hydrogen-bond donors (Lipinski definition) is 2. The number of ether oxygens (including phenoxy) is 2. The predicted molar refractivity (Wildman–Crippen MR) is 96.1 cm³/mol. The minimum atomic E-state index is -0.707. The number of anilines is 1. The number of carbonyl (C=O) groups excluding carboxylic acids is 1. The van der Waals surface area contributed by atoms with Crippen LogP contribution in [0.15, 0.2) is 36.4 Å². The molecule has 0 saturated carbocycles. The smallest absolute Gasteiger partial charge is 0.320 e. The van der Waals surface area contributed by atoms with E-state index in [-0.39, 0.29) is 5.82 Å². The third kappa shape index (κ3) is 4.54. The number of urea groups is 1. The first-order chi connectivity index (χ1) is 11.8. The van der Waals surface area contributed by atoms with E-state index in [0.29, 0.717) is 22.2 Å². The SMILES string of the molecule is COc1cc(OC)c(NC(=O)NC(C)(C)c2ccc(F)cc2)cc1Cl. The van der Waals surface area contributed by atoms with Gasteiger partial charge >= 0.3 is 6.03 Å². The highest BCUT2D eigenvalue weighted by molar-refractivity contribution is 6.32. The van der Waals surface area contributed by atoms with Crippen LogP contribution in [0.2, 0.25) is 5.02 Å². The van der Waals surface area contributed by atoms with E-state index in [1.165, 1.54) is 26.4 Å². The van der Waals surface area contributed by atoms with Crippen LogP contribution in [0.5, 0.6) is 11.5 Å². The standard InChI is InChI=1S/C18H20ClFN2O3/c1-18(2,11-5-7-12(20)8-6-11)22-17(23)21-14-9-13(19)15(24-3)10-16(14)25-4/h5-10H,1-4H3,(H2,21,22,23). The second-order valence-corrected chi connectivity index (χ2v) is 6.31. The summed E-state index contributed by atoms with van der Waals surface area (Å²) in [6.45, 7) is 3.64. The number of carbonyl (C=O) groups is 1. The summed E-state index contributed by atoms with van der Waals surface area (Å²) in [5.41, 5.74) is 0.464. The zero-order valence-corrected chi connectivity index (χ0v) is 15.2. The quantitative estimate of drug-likeness (QED) is 0.815. The molecule has 0 saturated heterocycles. The number of methoxy groups -OCH3 is 2. The number of nitrogens with one attached hydrogen (secondary N) is 2. The lowest BCUT2D eigenvalue weighted by atomic mass is 9.94. The number of halogens is 2. The van der Waals surface area contributed by atoms with Crippen LogP contribution in [0.4, 0.5) is 14.9 Å². The Balaban J connectivity index is 2.17. The lowest BCUT2D eigenvalue weighted by Crippen LogP contribution is -2.43. The van der Waals surface area contributed by atoms with Crippen molar-refractivity contribution >= 4 is 23.3 Å². The molecule has 0 aliphatic rings. The van der Waals surface area contributed by atoms with Crippen molar-refractivity contribution in [3.63, 3.8) is 0 Å². The molecule has 7 heteroatoms. The average molecular weight is 367 g/mol. The van der Waals surface area contributed by atoms with Crippen LogP contribution in [0.25, 0.3) is 0 Å². The predicted octanol–water partition coefficient (Wildman–Crippen LogP) is 4.55. The molecular formula is C18H20ClFN2O3. The Labute approximate surface area is 151 Å². The van der Waals surface area contributed by atoms with Crippen molar-refractivity contribution in [1.82, 2.24) is 5.32 Å². The van der Waals surface area contributed by atoms with E-state index in [9.17, 15) is 9.18 Å². The van der Waals surface area contributed by atoms with Gasteiger partial charge in [-0.05, 0) is 37.6 Å². The molecule has 2 aromatic rings. The summed E-state index contributed by atoms with van der Waals surface area (Å²) >= 11 is 6.10. The van der Waals surface area contributed by atoms with E-state index in [1.807, 2.05) is 13.8 Å². The van der Waals surface area contributed by atoms with Gasteiger partial charge in [0.15, 0.2) is 0 Å². The molecule has 0 fully saturated rings. The van der Waals surface area contributed by atoms with Gasteiger partial charge in [0.25, 0.3) is 0 Å². The maximum atomic E-state index is 13.1. The first-order valence-electron chi connectivity index (χ1n) is 7.53. The van der Waals surface area contributed by atoms with Gasteiger partial charge in [-0.25, -0.2) is 9.18 Å². The van der Waals surface area contributed by atoms with Gasteiger partial charge in [-0.15, -0.1) is 0 Å². The fraction of sp³-hybridized carbons (Fsp3) is 0.278. The van der Waals surface area contributed by atoms with E-state index >= 15 is 0 Å². The molecule has 0 aliphatic carbocycles. The van der Waals surface area contributed by atoms with Crippen molar-refractivity contribution in [3.8, 4) is 11.5 Å². The minimum absolute atomic E-state index is 0.332. The second-order valence-electron chi connectivity index (χ2n) is 5.90. The number of amides is 2. The Morgan fingerprint density at radius 1 is 1.08 bits per heavy atom. The van der Waals surface area contributed by atoms with Crippen LogP contribution in [-0.2, 0) is 5.54 Å². The van der Waals surface area contributed by atoms with Crippen molar-refractivity contribution in [1.29, 1.82) is 0 Å². The van der Waals surface area contributed by atoms with Gasteiger partial charge < -0.3 is 20.1 Å². The lowest BCUT2D eigenvalue weighted by Gasteiger charge is -2.27. The Kier molecular flexibility index (Phi) is 5.74. The highest BCUT2D eigenvalue weighted by Crippen LogP contribution is 2.36. The van der Waals surface area contributed by atoms with Crippen molar-refractivity contribution in [2.24, 2.45) is 0 Å². The molecule has 134 valence electrons. The Hall–Kier alpha value is -2.47. The van der Waals surface area contributed by atoms with Crippen molar-refractivity contribution in [2.45, 2.75) is 19.4 Å². The minimum Gasteiger partial charge on any atom is -0.495 e. The molecule has 0 bridgehead atoms. The van der Waals surface area contributed by atoms with Crippen LogP contribution in [0.1, 0.15) is 19.4 Å². The molecule has 2 N–H and O–H groups in total. The molecule has 5 nitrogen and oxygen atoms in total. The molecule has 2 aromatic carbocycles. The van der Waals surface area contributed by atoms with E-state index in [2.05, 4.69) is 10.6 Å². The molecule has 0 atom stereocenters. The summed E-state index contributed by atoms with van der Waals surface area (Å²) < 4.78 is 23.4. The third-order valence-corrected chi connectivity index (χ3v) is 4.01. The molecule has 25 heavy (non-hydrogen) atoms. The first kappa shape index (κ1) is 18.9. The van der Waals surface area contributed by atoms with Crippen molar-refractivity contribution in [3.05, 3.63) is 52.8 Å². The van der Waals surface area contributed by atoms with Gasteiger partial charge in [0, 0.05) is 6.07 Å². The molecule has 0 spiro atoms. The molecule has 2 rings (SSSR count). The molecule has 0 aromatic heterocycles. The van der Waals surface area contributed by atoms with Crippen LogP contribution >= 0.6 is 11.6 Å². The van der Waals surface area contributed by atoms with Crippen LogP contribution in [0, 0.1) is 5.82 Å². The Morgan fingerprint density at radius 2 is 1.68 bits per heavy atom. The van der Waals surface area contributed by atoms with Crippen LogP contribution < -0.4 is 20.1 Å². The lowest BCUT2D eigenvalue weighted by molar-refractivity contribution is 0.241. The van der Waals surface area contributed by atoms with E-state index in [1.54, 1.807) is 24.3 Å². The van der Waals surface area contributed by atoms with Gasteiger partial charge in [-0.1, -0.05) is 23.7 Å². The number of benzene rings is 2. The van der Waals surface area contributed by atoms with Gasteiger partial charge in [0.2, 0.25) is 0 Å². The van der Waals surface area contributed by atoms with Gasteiger partial charge in [-0.3, -0.25) is 0 Å². The number of rotatable bonds is 5. The highest BCUT2D eigenvalue weighted by atomic mass is 35.5. The molecule has 0 radical (unpaired) electrons. The molecule has 2 amide bonds. The average Bonchev–Trinajstić information content (AvgIpc) is 2.55. The van der Waals surface area contributed by atoms with Crippen LogP contribution in [0.3, 0.4) is 0 Å². The summed E-state index contributed by atoms with van der Waals surface area (Å²) in [7, 11) is 2.97. The molecule has 0 aliphatic heterocycles. The van der Waals surface area contributed by atoms with Crippen molar-refractivity contribution < 1.29 is 18.7 Å². The zero-order valence-electron chi connectivity index (χ0n) is 14.4. The van der Waals surface area contributed by atoms with Gasteiger partial charge in [0.1, 0.15) is 17.3 Å². The summed E-state index contributed by atoms with van der Waals surface area (Å²) in [4.78, 5) is 12.4. The van der Waals surface area contributed by atoms with Gasteiger partial charge in [-0.2, -0.15) is 0 Å². The highest BCUT2D eigenvalue weighted by Gasteiger charge is 2.23. The monoisotopic (exact) mass is 366 g/mol. The fourth-order valence-electron chi connectivity index (χ4n) is 2.33. The topological polar surface area (TPSA) is 59.6 Å². The third-order valence-electron chi connectivity index (χ3n) is 3.71. The van der Waals surface area contributed by atoms with Crippen LogP contribution in [-0.4, -0.2) is 20.3 Å². The zero-order chi connectivity index (χ0) is 18.6. The summed E-state index contributed by atoms with van der Waals surface area (Å²) in [5.74, 6) is 0.522. The molecule has 0 heterocycles. The summed E-state index contributed by atoms with van der Waals surface area (Å²) in [6.07, 6.45) is 0. The normalized spacial score (nSPS) is 11.0. The second kappa shape index (κ2) is 7.61. The first-order valence-corrected chi connectivity index (χ1v) is 7.91. The Bertz CT molecular complexity index is 764. The van der Waals surface area contributed by atoms with Crippen molar-refractivity contribution in [2.75, 3.05) is 19.5 Å². The maximum absolute atomic E-state index is 13.1.